The van der Waals surface area contributed by atoms with Crippen LogP contribution in [0.1, 0.15) is 29.7 Å². The number of aryl methyl sites for hydroxylation is 1. The van der Waals surface area contributed by atoms with Crippen LogP contribution in [0, 0.1) is 13.8 Å². The number of aromatic nitrogens is 1. The van der Waals surface area contributed by atoms with E-state index in [1.165, 1.54) is 40.6 Å². The van der Waals surface area contributed by atoms with Crippen LogP contribution < -0.4 is 5.32 Å². The molecule has 1 aliphatic carbocycles. The molecule has 1 aromatic carbocycles. The number of benzene rings is 1. The number of nitrogens with one attached hydrogen (secondary N) is 1. The van der Waals surface area contributed by atoms with Crippen LogP contribution in [0.5, 0.6) is 0 Å². The number of fused-ring (bicyclic) bond motifs is 1. The standard InChI is InChI=1S/C17H24N2O/c1-12-13(2)19(8-9-20-3)17-7-4-14(10-16(12)17)11-18-15-5-6-15/h4,7,10,15,18H,5-6,8-9,11H2,1-3H3. The highest BCUT2D eigenvalue weighted by Crippen LogP contribution is 2.27. The first-order valence-corrected chi connectivity index (χ1v) is 7.51. The maximum atomic E-state index is 5.22. The molecule has 1 heterocycles. The van der Waals surface area contributed by atoms with Crippen molar-refractivity contribution in [3.8, 4) is 0 Å². The molecule has 0 unspecified atom stereocenters. The Morgan fingerprint density at radius 1 is 1.30 bits per heavy atom. The number of rotatable bonds is 6. The molecule has 0 bridgehead atoms. The highest BCUT2D eigenvalue weighted by molar-refractivity contribution is 5.86. The molecule has 0 saturated heterocycles. The van der Waals surface area contributed by atoms with E-state index in [9.17, 15) is 0 Å². The highest BCUT2D eigenvalue weighted by atomic mass is 16.5. The Bertz CT molecular complexity index is 611. The van der Waals surface area contributed by atoms with Crippen LogP contribution in [-0.4, -0.2) is 24.3 Å². The maximum Gasteiger partial charge on any atom is 0.0642 e. The molecule has 108 valence electrons. The minimum Gasteiger partial charge on any atom is -0.383 e. The lowest BCUT2D eigenvalue weighted by Crippen LogP contribution is -2.15. The monoisotopic (exact) mass is 272 g/mol. The van der Waals surface area contributed by atoms with Crippen LogP contribution in [-0.2, 0) is 17.8 Å². The summed E-state index contributed by atoms with van der Waals surface area (Å²) in [6, 6.07) is 7.62. The van der Waals surface area contributed by atoms with E-state index in [1.807, 2.05) is 0 Å². The predicted octanol–water partition coefficient (Wildman–Crippen LogP) is 3.16. The van der Waals surface area contributed by atoms with E-state index in [0.717, 1.165) is 25.7 Å². The lowest BCUT2D eigenvalue weighted by Gasteiger charge is -2.08. The fraction of sp³-hybridized carbons (Fsp3) is 0.529. The number of methoxy groups -OCH3 is 1. The summed E-state index contributed by atoms with van der Waals surface area (Å²) in [5.41, 5.74) is 5.46. The minimum absolute atomic E-state index is 0.759. The van der Waals surface area contributed by atoms with Crippen molar-refractivity contribution < 1.29 is 4.74 Å². The van der Waals surface area contributed by atoms with Gasteiger partial charge in [-0.25, -0.2) is 0 Å². The zero-order valence-corrected chi connectivity index (χ0v) is 12.7. The van der Waals surface area contributed by atoms with Gasteiger partial charge in [0.1, 0.15) is 0 Å². The molecule has 3 heteroatoms. The summed E-state index contributed by atoms with van der Waals surface area (Å²) in [6.07, 6.45) is 2.68. The normalized spacial score (nSPS) is 15.2. The second-order valence-electron chi connectivity index (χ2n) is 5.86. The van der Waals surface area contributed by atoms with E-state index in [-0.39, 0.29) is 0 Å². The van der Waals surface area contributed by atoms with Gasteiger partial charge in [0.15, 0.2) is 0 Å². The molecule has 0 spiro atoms. The molecule has 1 N–H and O–H groups in total. The highest BCUT2D eigenvalue weighted by Gasteiger charge is 2.20. The Kier molecular flexibility index (Phi) is 3.81. The van der Waals surface area contributed by atoms with E-state index in [0.29, 0.717) is 0 Å². The molecule has 0 atom stereocenters. The maximum absolute atomic E-state index is 5.22. The van der Waals surface area contributed by atoms with Crippen LogP contribution in [0.15, 0.2) is 18.2 Å². The molecule has 3 nitrogen and oxygen atoms in total. The smallest absolute Gasteiger partial charge is 0.0642 e. The minimum atomic E-state index is 0.759. The van der Waals surface area contributed by atoms with Gasteiger partial charge in [-0.1, -0.05) is 6.07 Å². The van der Waals surface area contributed by atoms with Crippen molar-refractivity contribution in [2.45, 2.75) is 45.8 Å². The lowest BCUT2D eigenvalue weighted by atomic mass is 10.1. The fourth-order valence-electron chi connectivity index (χ4n) is 2.83. The molecule has 1 aromatic heterocycles. The van der Waals surface area contributed by atoms with E-state index >= 15 is 0 Å². The Morgan fingerprint density at radius 2 is 2.10 bits per heavy atom. The van der Waals surface area contributed by atoms with Crippen molar-refractivity contribution in [1.29, 1.82) is 0 Å². The first-order valence-electron chi connectivity index (χ1n) is 7.51. The Labute approximate surface area is 120 Å². The van der Waals surface area contributed by atoms with Crippen LogP contribution in [0.2, 0.25) is 0 Å². The topological polar surface area (TPSA) is 26.2 Å². The average molecular weight is 272 g/mol. The molecule has 0 radical (unpaired) electrons. The van der Waals surface area contributed by atoms with E-state index in [1.54, 1.807) is 7.11 Å². The molecule has 2 aromatic rings. The second kappa shape index (κ2) is 5.58. The van der Waals surface area contributed by atoms with Crippen molar-refractivity contribution in [2.24, 2.45) is 0 Å². The molecular formula is C17H24N2O. The second-order valence-corrected chi connectivity index (χ2v) is 5.86. The Morgan fingerprint density at radius 3 is 2.80 bits per heavy atom. The predicted molar refractivity (Wildman–Crippen MR) is 83.1 cm³/mol. The van der Waals surface area contributed by atoms with E-state index in [2.05, 4.69) is 41.9 Å². The van der Waals surface area contributed by atoms with Gasteiger partial charge in [-0.2, -0.15) is 0 Å². The van der Waals surface area contributed by atoms with Crippen molar-refractivity contribution >= 4 is 10.9 Å². The van der Waals surface area contributed by atoms with Crippen molar-refractivity contribution in [1.82, 2.24) is 9.88 Å². The van der Waals surface area contributed by atoms with Crippen molar-refractivity contribution in [3.05, 3.63) is 35.0 Å². The third-order valence-electron chi connectivity index (χ3n) is 4.39. The van der Waals surface area contributed by atoms with Crippen LogP contribution >= 0.6 is 0 Å². The third-order valence-corrected chi connectivity index (χ3v) is 4.39. The zero-order chi connectivity index (χ0) is 14.1. The third kappa shape index (κ3) is 2.60. The summed E-state index contributed by atoms with van der Waals surface area (Å²) in [5, 5.41) is 4.97. The molecule has 0 amide bonds. The van der Waals surface area contributed by atoms with Gasteiger partial charge >= 0.3 is 0 Å². The van der Waals surface area contributed by atoms with Gasteiger partial charge in [0, 0.05) is 42.8 Å². The summed E-state index contributed by atoms with van der Waals surface area (Å²) >= 11 is 0. The summed E-state index contributed by atoms with van der Waals surface area (Å²) < 4.78 is 7.59. The van der Waals surface area contributed by atoms with Gasteiger partial charge in [-0.05, 0) is 49.9 Å². The van der Waals surface area contributed by atoms with Gasteiger partial charge in [0.25, 0.3) is 0 Å². The fourth-order valence-corrected chi connectivity index (χ4v) is 2.83. The first-order chi connectivity index (χ1) is 9.70. The van der Waals surface area contributed by atoms with E-state index < -0.39 is 0 Å². The molecule has 1 aliphatic rings. The number of nitrogens with zero attached hydrogens (tertiary/aromatic N) is 1. The van der Waals surface area contributed by atoms with Crippen molar-refractivity contribution in [3.63, 3.8) is 0 Å². The number of hydrogen-bond donors (Lipinski definition) is 1. The number of ether oxygens (including phenoxy) is 1. The summed E-state index contributed by atoms with van der Waals surface area (Å²) in [5.74, 6) is 0. The molecule has 0 aliphatic heterocycles. The quantitative estimate of drug-likeness (QED) is 0.874. The molecule has 3 rings (SSSR count). The van der Waals surface area contributed by atoms with Gasteiger partial charge < -0.3 is 14.6 Å². The average Bonchev–Trinajstić information content (AvgIpc) is 3.25. The van der Waals surface area contributed by atoms with Crippen LogP contribution in [0.4, 0.5) is 0 Å². The van der Waals surface area contributed by atoms with Gasteiger partial charge in [0.2, 0.25) is 0 Å². The summed E-state index contributed by atoms with van der Waals surface area (Å²) in [7, 11) is 1.76. The lowest BCUT2D eigenvalue weighted by molar-refractivity contribution is 0.188. The largest absolute Gasteiger partial charge is 0.383 e. The van der Waals surface area contributed by atoms with Gasteiger partial charge in [-0.15, -0.1) is 0 Å². The van der Waals surface area contributed by atoms with Gasteiger partial charge in [0.05, 0.1) is 6.61 Å². The zero-order valence-electron chi connectivity index (χ0n) is 12.7. The van der Waals surface area contributed by atoms with Crippen LogP contribution in [0.3, 0.4) is 0 Å². The Hall–Kier alpha value is -1.32. The molecule has 1 saturated carbocycles. The molecular weight excluding hydrogens is 248 g/mol. The SMILES string of the molecule is COCCn1c(C)c(C)c2cc(CNC3CC3)ccc21. The first kappa shape index (κ1) is 13.7. The van der Waals surface area contributed by atoms with Gasteiger partial charge in [-0.3, -0.25) is 0 Å². The summed E-state index contributed by atoms with van der Waals surface area (Å²) in [4.78, 5) is 0. The van der Waals surface area contributed by atoms with Crippen LogP contribution in [0.25, 0.3) is 10.9 Å². The molecule has 1 fully saturated rings. The Balaban J connectivity index is 1.90. The summed E-state index contributed by atoms with van der Waals surface area (Å²) in [6.45, 7) is 7.09. The van der Waals surface area contributed by atoms with E-state index in [4.69, 9.17) is 4.74 Å². The van der Waals surface area contributed by atoms with Crippen molar-refractivity contribution in [2.75, 3.05) is 13.7 Å². The molecule has 20 heavy (non-hydrogen) atoms. The number of hydrogen-bond acceptors (Lipinski definition) is 2.